The smallest absolute Gasteiger partial charge is 0.271 e. The van der Waals surface area contributed by atoms with Gasteiger partial charge in [-0.25, -0.2) is 14.4 Å². The minimum Gasteiger partial charge on any atom is -0.334 e. The molecule has 0 fully saturated rings. The van der Waals surface area contributed by atoms with Crippen molar-refractivity contribution >= 4 is 46.1 Å². The number of amides is 1. The van der Waals surface area contributed by atoms with Crippen LogP contribution in [0, 0.1) is 13.8 Å². The molecule has 164 valence electrons. The van der Waals surface area contributed by atoms with Crippen molar-refractivity contribution in [2.24, 2.45) is 5.10 Å². The summed E-state index contributed by atoms with van der Waals surface area (Å²) in [6, 6.07) is 9.92. The van der Waals surface area contributed by atoms with Gasteiger partial charge in [0.25, 0.3) is 11.9 Å². The summed E-state index contributed by atoms with van der Waals surface area (Å²) in [4.78, 5) is 15.4. The van der Waals surface area contributed by atoms with E-state index in [4.69, 9.17) is 5.84 Å². The average molecular weight is 485 g/mol. The summed E-state index contributed by atoms with van der Waals surface area (Å²) < 4.78 is 3.00. The van der Waals surface area contributed by atoms with Crippen molar-refractivity contribution in [3.63, 3.8) is 0 Å². The first-order valence-electron chi connectivity index (χ1n) is 9.85. The molecule has 4 aromatic heterocycles. The van der Waals surface area contributed by atoms with Crippen LogP contribution in [0.4, 0.5) is 0 Å². The predicted molar refractivity (Wildman–Crippen MR) is 127 cm³/mol. The standard InChI is InChI=1S/C20H20N8OS3/c1-12-9-13(2)27(24-12)19-22-23-20(26(19)21)32-11-18(29)28-15(17-6-4-8-31-17)10-14(25-28)16-5-3-7-30-16/h3-9,15H,10-11,21H2,1-2H3. The molecule has 0 radical (unpaired) electrons. The molecular weight excluding hydrogens is 464 g/mol. The van der Waals surface area contributed by atoms with Crippen LogP contribution in [-0.2, 0) is 4.79 Å². The van der Waals surface area contributed by atoms with Gasteiger partial charge in [-0.15, -0.1) is 32.9 Å². The lowest BCUT2D eigenvalue weighted by atomic mass is 10.1. The average Bonchev–Trinajstić information content (AvgIpc) is 3.57. The number of aromatic nitrogens is 5. The van der Waals surface area contributed by atoms with Gasteiger partial charge in [-0.3, -0.25) is 4.79 Å². The molecule has 12 heteroatoms. The van der Waals surface area contributed by atoms with Crippen LogP contribution in [0.2, 0.25) is 0 Å². The fraction of sp³-hybridized carbons (Fsp3) is 0.250. The summed E-state index contributed by atoms with van der Waals surface area (Å²) in [6.07, 6.45) is 0.701. The second kappa shape index (κ2) is 8.52. The highest BCUT2D eigenvalue weighted by atomic mass is 32.2. The quantitative estimate of drug-likeness (QED) is 0.332. The molecule has 5 rings (SSSR count). The molecule has 4 aromatic rings. The molecule has 1 aliphatic rings. The fourth-order valence-corrected chi connectivity index (χ4v) is 5.81. The topological polar surface area (TPSA) is 107 Å². The van der Waals surface area contributed by atoms with E-state index in [1.54, 1.807) is 32.4 Å². The van der Waals surface area contributed by atoms with E-state index in [2.05, 4.69) is 20.4 Å². The highest BCUT2D eigenvalue weighted by Crippen LogP contribution is 2.36. The fourth-order valence-electron chi connectivity index (χ4n) is 3.57. The number of thiophene rings is 2. The normalized spacial score (nSPS) is 16.0. The van der Waals surface area contributed by atoms with Gasteiger partial charge in [-0.2, -0.15) is 10.2 Å². The number of carbonyl (C=O) groups is 1. The van der Waals surface area contributed by atoms with Crippen molar-refractivity contribution in [1.29, 1.82) is 0 Å². The SMILES string of the molecule is Cc1cc(C)n(-c2nnc(SCC(=O)N3N=C(c4cccs4)CC3c3cccs3)n2N)n1. The van der Waals surface area contributed by atoms with E-state index < -0.39 is 0 Å². The number of nitrogens with zero attached hydrogens (tertiary/aromatic N) is 7. The van der Waals surface area contributed by atoms with E-state index in [9.17, 15) is 4.79 Å². The molecule has 2 N–H and O–H groups in total. The lowest BCUT2D eigenvalue weighted by molar-refractivity contribution is -0.130. The Hall–Kier alpha value is -2.96. The van der Waals surface area contributed by atoms with Crippen LogP contribution in [0.15, 0.2) is 51.3 Å². The zero-order valence-electron chi connectivity index (χ0n) is 17.4. The minimum atomic E-state index is -0.101. The van der Waals surface area contributed by atoms with Crippen LogP contribution in [-0.4, -0.2) is 47.0 Å². The van der Waals surface area contributed by atoms with Gasteiger partial charge in [-0.05, 0) is 42.8 Å². The molecule has 0 saturated heterocycles. The van der Waals surface area contributed by atoms with Crippen LogP contribution in [0.1, 0.15) is 33.6 Å². The van der Waals surface area contributed by atoms with Crippen LogP contribution < -0.4 is 5.84 Å². The third-order valence-corrected chi connectivity index (χ3v) is 7.83. The molecule has 32 heavy (non-hydrogen) atoms. The highest BCUT2D eigenvalue weighted by molar-refractivity contribution is 7.99. The Morgan fingerprint density at radius 2 is 2.03 bits per heavy atom. The molecule has 0 saturated carbocycles. The van der Waals surface area contributed by atoms with Crippen molar-refractivity contribution in [2.75, 3.05) is 11.6 Å². The summed E-state index contributed by atoms with van der Waals surface area (Å²) >= 11 is 4.50. The number of hydrogen-bond acceptors (Lipinski definition) is 9. The molecular formula is C20H20N8OS3. The Morgan fingerprint density at radius 1 is 1.22 bits per heavy atom. The van der Waals surface area contributed by atoms with Gasteiger partial charge < -0.3 is 5.84 Å². The van der Waals surface area contributed by atoms with Crippen molar-refractivity contribution in [2.45, 2.75) is 31.5 Å². The number of carbonyl (C=O) groups excluding carboxylic acids is 1. The lowest BCUT2D eigenvalue weighted by Crippen LogP contribution is -2.28. The van der Waals surface area contributed by atoms with Gasteiger partial charge >= 0.3 is 0 Å². The molecule has 1 amide bonds. The molecule has 9 nitrogen and oxygen atoms in total. The van der Waals surface area contributed by atoms with Crippen molar-refractivity contribution in [1.82, 2.24) is 29.7 Å². The van der Waals surface area contributed by atoms with E-state index in [1.165, 1.54) is 16.4 Å². The van der Waals surface area contributed by atoms with Crippen LogP contribution in [0.5, 0.6) is 0 Å². The summed E-state index contributed by atoms with van der Waals surface area (Å²) in [6.45, 7) is 3.83. The lowest BCUT2D eigenvalue weighted by Gasteiger charge is -2.20. The van der Waals surface area contributed by atoms with E-state index in [1.807, 2.05) is 54.9 Å². The Bertz CT molecular complexity index is 1270. The first-order valence-corrected chi connectivity index (χ1v) is 12.6. The molecule has 0 aliphatic carbocycles. The summed E-state index contributed by atoms with van der Waals surface area (Å²) in [5, 5.41) is 23.5. The number of rotatable bonds is 6. The Kier molecular flexibility index (Phi) is 5.57. The van der Waals surface area contributed by atoms with Gasteiger partial charge in [0.1, 0.15) is 0 Å². The third-order valence-electron chi connectivity index (χ3n) is 5.01. The first kappa shape index (κ1) is 20.9. The summed E-state index contributed by atoms with van der Waals surface area (Å²) in [7, 11) is 0. The van der Waals surface area contributed by atoms with Crippen LogP contribution in [0.25, 0.3) is 5.95 Å². The second-order valence-electron chi connectivity index (χ2n) is 7.28. The number of aryl methyl sites for hydroxylation is 2. The van der Waals surface area contributed by atoms with Crippen molar-refractivity contribution in [3.8, 4) is 5.95 Å². The van der Waals surface area contributed by atoms with E-state index in [-0.39, 0.29) is 17.7 Å². The summed E-state index contributed by atoms with van der Waals surface area (Å²) in [5.74, 6) is 6.66. The molecule has 0 aromatic carbocycles. The first-order chi connectivity index (χ1) is 15.5. The Balaban J connectivity index is 1.34. The number of nitrogens with two attached hydrogens (primary N) is 1. The maximum atomic E-state index is 13.2. The largest absolute Gasteiger partial charge is 0.334 e. The number of hydrazone groups is 1. The van der Waals surface area contributed by atoms with Crippen molar-refractivity contribution < 1.29 is 4.79 Å². The van der Waals surface area contributed by atoms with Gasteiger partial charge in [0.05, 0.1) is 28.1 Å². The predicted octanol–water partition coefficient (Wildman–Crippen LogP) is 3.39. The van der Waals surface area contributed by atoms with Gasteiger partial charge in [0.15, 0.2) is 0 Å². The third kappa shape index (κ3) is 3.85. The number of nitrogen functional groups attached to an aromatic ring is 1. The molecule has 1 aliphatic heterocycles. The van der Waals surface area contributed by atoms with E-state index in [0.717, 1.165) is 26.9 Å². The van der Waals surface area contributed by atoms with Crippen LogP contribution in [0.3, 0.4) is 0 Å². The molecule has 5 heterocycles. The van der Waals surface area contributed by atoms with Crippen molar-refractivity contribution in [3.05, 3.63) is 62.2 Å². The number of thioether (sulfide) groups is 1. The van der Waals surface area contributed by atoms with Crippen LogP contribution >= 0.6 is 34.4 Å². The molecule has 1 atom stereocenters. The Morgan fingerprint density at radius 3 is 2.72 bits per heavy atom. The molecule has 0 bridgehead atoms. The zero-order valence-corrected chi connectivity index (χ0v) is 19.8. The maximum absolute atomic E-state index is 13.2. The highest BCUT2D eigenvalue weighted by Gasteiger charge is 2.34. The number of hydrogen-bond donors (Lipinski definition) is 1. The Labute approximate surface area is 196 Å². The maximum Gasteiger partial charge on any atom is 0.271 e. The van der Waals surface area contributed by atoms with E-state index in [0.29, 0.717) is 17.5 Å². The summed E-state index contributed by atoms with van der Waals surface area (Å²) in [5.41, 5.74) is 2.70. The zero-order chi connectivity index (χ0) is 22.2. The van der Waals surface area contributed by atoms with Gasteiger partial charge in [0, 0.05) is 17.0 Å². The van der Waals surface area contributed by atoms with Gasteiger partial charge in [-0.1, -0.05) is 23.9 Å². The molecule has 1 unspecified atom stereocenters. The van der Waals surface area contributed by atoms with Gasteiger partial charge in [0.2, 0.25) is 5.16 Å². The second-order valence-corrected chi connectivity index (χ2v) is 10.1. The minimum absolute atomic E-state index is 0.0961. The van der Waals surface area contributed by atoms with E-state index >= 15 is 0 Å². The monoisotopic (exact) mass is 484 g/mol. The molecule has 0 spiro atoms.